The third kappa shape index (κ3) is 5.24. The molecule has 11 heteroatoms. The first-order chi connectivity index (χ1) is 17.1. The Labute approximate surface area is 207 Å². The molecule has 2 aromatic heterocycles. The van der Waals surface area contributed by atoms with Crippen LogP contribution in [0.1, 0.15) is 11.1 Å². The lowest BCUT2D eigenvalue weighted by atomic mass is 10.1. The van der Waals surface area contributed by atoms with Gasteiger partial charge in [0.05, 0.1) is 11.7 Å². The van der Waals surface area contributed by atoms with Gasteiger partial charge in [-0.05, 0) is 55.0 Å². The lowest BCUT2D eigenvalue weighted by Gasteiger charge is -2.11. The van der Waals surface area contributed by atoms with E-state index in [1.165, 1.54) is 36.9 Å². The van der Waals surface area contributed by atoms with Crippen LogP contribution >= 0.6 is 0 Å². The predicted molar refractivity (Wildman–Crippen MR) is 139 cm³/mol. The molecular weight excluding hydrogens is 481 g/mol. The molecule has 36 heavy (non-hydrogen) atoms. The molecule has 4 rings (SSSR count). The molecule has 0 unspecified atom stereocenters. The van der Waals surface area contributed by atoms with E-state index >= 15 is 0 Å². The molecular formula is C25H22FN7O2S. The number of carbonyl (C=O) groups excluding carboxylic acids is 1. The Morgan fingerprint density at radius 2 is 2.00 bits per heavy atom. The van der Waals surface area contributed by atoms with Gasteiger partial charge < -0.3 is 10.6 Å². The molecule has 0 aliphatic heterocycles. The Kier molecular flexibility index (Phi) is 6.55. The fourth-order valence-corrected chi connectivity index (χ4v) is 4.18. The Hall–Kier alpha value is -4.56. The molecule has 0 fully saturated rings. The maximum Gasteiger partial charge on any atom is 0.247 e. The second-order valence-corrected chi connectivity index (χ2v) is 10.8. The summed E-state index contributed by atoms with van der Waals surface area (Å²) < 4.78 is 32.0. The Morgan fingerprint density at radius 3 is 2.67 bits per heavy atom. The number of aryl methyl sites for hydroxylation is 1. The molecule has 0 aliphatic rings. The Balaban J connectivity index is 1.73. The smallest absolute Gasteiger partial charge is 0.247 e. The monoisotopic (exact) mass is 503 g/mol. The van der Waals surface area contributed by atoms with Crippen LogP contribution in [0, 0.1) is 24.1 Å². The number of hydrogen-bond donors (Lipinski definition) is 2. The summed E-state index contributed by atoms with van der Waals surface area (Å²) in [6.07, 6.45) is 7.26. The van der Waals surface area contributed by atoms with Gasteiger partial charge >= 0.3 is 0 Å². The van der Waals surface area contributed by atoms with Gasteiger partial charge in [-0.2, -0.15) is 14.6 Å². The summed E-state index contributed by atoms with van der Waals surface area (Å²) in [5.41, 5.74) is 2.87. The third-order valence-electron chi connectivity index (χ3n) is 5.10. The molecule has 4 aromatic rings. The van der Waals surface area contributed by atoms with Crippen molar-refractivity contribution in [3.8, 4) is 11.9 Å². The minimum absolute atomic E-state index is 0.00470. The second-order valence-electron chi connectivity index (χ2n) is 8.21. The predicted octanol–water partition coefficient (Wildman–Crippen LogP) is 4.97. The number of hydrogen-bond acceptors (Lipinski definition) is 7. The van der Waals surface area contributed by atoms with Gasteiger partial charge in [-0.3, -0.25) is 9.36 Å². The van der Waals surface area contributed by atoms with Gasteiger partial charge in [0, 0.05) is 45.2 Å². The maximum absolute atomic E-state index is 14.5. The lowest BCUT2D eigenvalue weighted by Crippen LogP contribution is -2.07. The van der Waals surface area contributed by atoms with Crippen LogP contribution in [0.25, 0.3) is 16.7 Å². The average molecular weight is 504 g/mol. The van der Waals surface area contributed by atoms with Crippen molar-refractivity contribution >= 4 is 49.5 Å². The van der Waals surface area contributed by atoms with Gasteiger partial charge in [-0.25, -0.2) is 13.6 Å². The largest absolute Gasteiger partial charge is 0.324 e. The van der Waals surface area contributed by atoms with Crippen molar-refractivity contribution in [1.29, 1.82) is 5.26 Å². The number of halogens is 1. The van der Waals surface area contributed by atoms with E-state index in [1.807, 2.05) is 25.3 Å². The fourth-order valence-electron chi connectivity index (χ4n) is 3.56. The third-order valence-corrected chi connectivity index (χ3v) is 5.73. The molecule has 0 saturated carbocycles. The highest BCUT2D eigenvalue weighted by molar-refractivity contribution is 7.92. The Morgan fingerprint density at radius 1 is 1.25 bits per heavy atom. The van der Waals surface area contributed by atoms with Crippen LogP contribution in [0.3, 0.4) is 0 Å². The summed E-state index contributed by atoms with van der Waals surface area (Å²) in [4.78, 5) is 20.4. The van der Waals surface area contributed by atoms with Crippen LogP contribution in [-0.2, 0) is 14.5 Å². The van der Waals surface area contributed by atoms with Gasteiger partial charge in [0.1, 0.15) is 17.3 Å². The van der Waals surface area contributed by atoms with E-state index in [9.17, 15) is 18.7 Å². The number of amides is 1. The minimum atomic E-state index is -2.51. The summed E-state index contributed by atoms with van der Waals surface area (Å²) >= 11 is 0. The van der Waals surface area contributed by atoms with E-state index < -0.39 is 15.5 Å². The van der Waals surface area contributed by atoms with Crippen LogP contribution in [-0.4, -0.2) is 37.2 Å². The van der Waals surface area contributed by atoms with Gasteiger partial charge in [0.25, 0.3) is 0 Å². The number of anilines is 3. The van der Waals surface area contributed by atoms with Crippen molar-refractivity contribution in [2.75, 3.05) is 23.1 Å². The molecule has 0 atom stereocenters. The summed E-state index contributed by atoms with van der Waals surface area (Å²) in [5, 5.41) is 16.2. The minimum Gasteiger partial charge on any atom is -0.324 e. The number of nitrogens with zero attached hydrogens (tertiary/aromatic N) is 5. The van der Waals surface area contributed by atoms with Crippen molar-refractivity contribution in [2.24, 2.45) is 4.36 Å². The quantitative estimate of drug-likeness (QED) is 0.358. The molecule has 2 heterocycles. The zero-order valence-corrected chi connectivity index (χ0v) is 20.6. The SMILES string of the molecule is C=CC(=O)Nc1ccc2c(c1)c(C)cn2-c1nc(Nc2ccc(N=S(C)(C)=O)c(F)c2)ncc1C#N. The number of benzene rings is 2. The van der Waals surface area contributed by atoms with E-state index in [1.54, 1.807) is 16.7 Å². The molecule has 1 amide bonds. The fraction of sp³-hybridized carbons (Fsp3) is 0.120. The summed E-state index contributed by atoms with van der Waals surface area (Å²) in [6.45, 7) is 5.36. The van der Waals surface area contributed by atoms with Crippen molar-refractivity contribution in [3.05, 3.63) is 78.4 Å². The van der Waals surface area contributed by atoms with Crippen LogP contribution in [0.5, 0.6) is 0 Å². The normalized spacial score (nSPS) is 11.1. The topological polar surface area (TPSA) is 125 Å². The van der Waals surface area contributed by atoms with E-state index in [4.69, 9.17) is 0 Å². The number of fused-ring (bicyclic) bond motifs is 1. The molecule has 2 aromatic carbocycles. The molecule has 0 bridgehead atoms. The number of aromatic nitrogens is 3. The first-order valence-electron chi connectivity index (χ1n) is 10.6. The molecule has 2 N–H and O–H groups in total. The summed E-state index contributed by atoms with van der Waals surface area (Å²) in [7, 11) is -2.51. The molecule has 0 aliphatic carbocycles. The van der Waals surface area contributed by atoms with Crippen molar-refractivity contribution in [3.63, 3.8) is 0 Å². The average Bonchev–Trinajstić information content (AvgIpc) is 3.15. The second kappa shape index (κ2) is 9.59. The van der Waals surface area contributed by atoms with E-state index in [2.05, 4.69) is 37.6 Å². The number of rotatable bonds is 6. The summed E-state index contributed by atoms with van der Waals surface area (Å²) in [6, 6.07) is 11.7. The molecule has 182 valence electrons. The van der Waals surface area contributed by atoms with Gasteiger partial charge in [-0.15, -0.1) is 0 Å². The van der Waals surface area contributed by atoms with Gasteiger partial charge in [0.15, 0.2) is 11.6 Å². The van der Waals surface area contributed by atoms with E-state index in [0.29, 0.717) is 17.2 Å². The highest BCUT2D eigenvalue weighted by Crippen LogP contribution is 2.29. The van der Waals surface area contributed by atoms with Crippen LogP contribution in [0.4, 0.5) is 27.4 Å². The first-order valence-corrected chi connectivity index (χ1v) is 13.0. The summed E-state index contributed by atoms with van der Waals surface area (Å²) in [5.74, 6) is -0.477. The van der Waals surface area contributed by atoms with Crippen LogP contribution < -0.4 is 10.6 Å². The Bertz CT molecular complexity index is 1690. The van der Waals surface area contributed by atoms with Crippen LogP contribution in [0.2, 0.25) is 0 Å². The van der Waals surface area contributed by atoms with Crippen molar-refractivity contribution in [1.82, 2.24) is 14.5 Å². The van der Waals surface area contributed by atoms with E-state index in [-0.39, 0.29) is 23.1 Å². The van der Waals surface area contributed by atoms with Gasteiger partial charge in [-0.1, -0.05) is 6.58 Å². The maximum atomic E-state index is 14.5. The van der Waals surface area contributed by atoms with Crippen molar-refractivity contribution < 1.29 is 13.4 Å². The van der Waals surface area contributed by atoms with Crippen LogP contribution in [0.15, 0.2) is 65.8 Å². The highest BCUT2D eigenvalue weighted by atomic mass is 32.2. The number of carbonyl (C=O) groups is 1. The standard InChI is InChI=1S/C25H22FN7O2S/c1-5-23(34)29-17-7-9-22-19(10-17)15(2)14-33(22)24-16(12-27)13-28-25(31-24)30-18-6-8-21(20(26)11-18)32-36(3,4)35/h5-11,13-14H,1H2,2-4H3,(H,29,34)(H,28,30,31). The molecule has 0 radical (unpaired) electrons. The van der Waals surface area contributed by atoms with Crippen molar-refractivity contribution in [2.45, 2.75) is 6.92 Å². The zero-order chi connectivity index (χ0) is 26.0. The molecule has 0 saturated heterocycles. The number of nitrogens with one attached hydrogen (secondary N) is 2. The van der Waals surface area contributed by atoms with E-state index in [0.717, 1.165) is 16.5 Å². The van der Waals surface area contributed by atoms with Gasteiger partial charge in [0.2, 0.25) is 11.9 Å². The molecule has 9 nitrogen and oxygen atoms in total. The first kappa shape index (κ1) is 24.6. The number of nitriles is 1. The zero-order valence-electron chi connectivity index (χ0n) is 19.7. The highest BCUT2D eigenvalue weighted by Gasteiger charge is 2.15. The molecule has 0 spiro atoms. The lowest BCUT2D eigenvalue weighted by molar-refractivity contribution is -0.111.